The second-order valence-corrected chi connectivity index (χ2v) is 6.28. The van der Waals surface area contributed by atoms with Crippen molar-refractivity contribution in [1.29, 1.82) is 0 Å². The van der Waals surface area contributed by atoms with Crippen LogP contribution in [0.5, 0.6) is 0 Å². The van der Waals surface area contributed by atoms with Gasteiger partial charge in [0, 0.05) is 7.05 Å². The van der Waals surface area contributed by atoms with Crippen LogP contribution in [0.4, 0.5) is 5.82 Å². The molecule has 0 bridgehead atoms. The second-order valence-electron chi connectivity index (χ2n) is 5.36. The van der Waals surface area contributed by atoms with Crippen molar-refractivity contribution in [2.24, 2.45) is 13.0 Å². The molecule has 0 unspecified atom stereocenters. The van der Waals surface area contributed by atoms with Crippen LogP contribution in [0.25, 0.3) is 10.2 Å². The van der Waals surface area contributed by atoms with Gasteiger partial charge in [0.2, 0.25) is 0 Å². The highest BCUT2D eigenvalue weighted by Gasteiger charge is 2.22. The van der Waals surface area contributed by atoms with Crippen molar-refractivity contribution in [2.75, 3.05) is 5.32 Å². The van der Waals surface area contributed by atoms with Gasteiger partial charge in [0.1, 0.15) is 23.8 Å². The maximum Gasteiger partial charge on any atom is 0.149 e. The zero-order valence-electron chi connectivity index (χ0n) is 12.5. The Kier molecular flexibility index (Phi) is 3.59. The van der Waals surface area contributed by atoms with Crippen molar-refractivity contribution in [2.45, 2.75) is 26.8 Å². The minimum Gasteiger partial charge on any atom is -0.358 e. The number of rotatable bonds is 4. The molecule has 0 amide bonds. The zero-order valence-corrected chi connectivity index (χ0v) is 13.3. The molecule has 1 atom stereocenters. The first-order valence-electron chi connectivity index (χ1n) is 6.88. The summed E-state index contributed by atoms with van der Waals surface area (Å²) >= 11 is 1.65. The Balaban J connectivity index is 2.02. The van der Waals surface area contributed by atoms with E-state index in [1.54, 1.807) is 22.3 Å². The van der Waals surface area contributed by atoms with Crippen LogP contribution in [0.15, 0.2) is 17.8 Å². The molecule has 0 aliphatic carbocycles. The van der Waals surface area contributed by atoms with E-state index in [2.05, 4.69) is 39.2 Å². The van der Waals surface area contributed by atoms with Gasteiger partial charge in [0.05, 0.1) is 16.3 Å². The van der Waals surface area contributed by atoms with Crippen molar-refractivity contribution in [1.82, 2.24) is 24.7 Å². The number of aromatic nitrogens is 5. The molecule has 7 heteroatoms. The van der Waals surface area contributed by atoms with Gasteiger partial charge in [0.25, 0.3) is 0 Å². The molecule has 0 spiro atoms. The highest BCUT2D eigenvalue weighted by Crippen LogP contribution is 2.30. The van der Waals surface area contributed by atoms with E-state index in [4.69, 9.17) is 0 Å². The van der Waals surface area contributed by atoms with Crippen LogP contribution in [0, 0.1) is 12.8 Å². The summed E-state index contributed by atoms with van der Waals surface area (Å²) in [5.41, 5.74) is 0.982. The number of nitrogens with zero attached hydrogens (tertiary/aromatic N) is 5. The number of aryl methyl sites for hydroxylation is 2. The minimum atomic E-state index is 0.0529. The highest BCUT2D eigenvalue weighted by molar-refractivity contribution is 7.17. The minimum absolute atomic E-state index is 0.0529. The molecule has 3 rings (SSSR count). The largest absolute Gasteiger partial charge is 0.358 e. The van der Waals surface area contributed by atoms with E-state index >= 15 is 0 Å². The summed E-state index contributed by atoms with van der Waals surface area (Å²) in [6.45, 7) is 6.23. The number of thiophene rings is 1. The van der Waals surface area contributed by atoms with Gasteiger partial charge in [-0.2, -0.15) is 5.10 Å². The molecular formula is C14H18N6S. The number of nitrogens with one attached hydrogen (secondary N) is 1. The van der Waals surface area contributed by atoms with Crippen LogP contribution in [0.1, 0.15) is 31.5 Å². The lowest BCUT2D eigenvalue weighted by Crippen LogP contribution is -2.21. The third-order valence-corrected chi connectivity index (χ3v) is 4.31. The van der Waals surface area contributed by atoms with Crippen molar-refractivity contribution in [3.8, 4) is 0 Å². The van der Waals surface area contributed by atoms with E-state index < -0.39 is 0 Å². The number of hydrogen-bond donors (Lipinski definition) is 1. The molecule has 0 radical (unpaired) electrons. The predicted octanol–water partition coefficient (Wildman–Crippen LogP) is 2.94. The zero-order chi connectivity index (χ0) is 15.0. The number of fused-ring (bicyclic) bond motifs is 1. The van der Waals surface area contributed by atoms with E-state index in [0.717, 1.165) is 27.7 Å². The Bertz CT molecular complexity index is 760. The van der Waals surface area contributed by atoms with Crippen molar-refractivity contribution < 1.29 is 0 Å². The Morgan fingerprint density at radius 1 is 1.29 bits per heavy atom. The summed E-state index contributed by atoms with van der Waals surface area (Å²) < 4.78 is 2.88. The first kappa shape index (κ1) is 13.9. The molecule has 1 N–H and O–H groups in total. The van der Waals surface area contributed by atoms with Gasteiger partial charge < -0.3 is 5.32 Å². The highest BCUT2D eigenvalue weighted by atomic mass is 32.1. The quantitative estimate of drug-likeness (QED) is 0.802. The summed E-state index contributed by atoms with van der Waals surface area (Å²) in [7, 11) is 1.91. The average molecular weight is 302 g/mol. The fraction of sp³-hybridized carbons (Fsp3) is 0.429. The number of anilines is 1. The van der Waals surface area contributed by atoms with Gasteiger partial charge in [-0.05, 0) is 24.3 Å². The molecule has 3 aromatic rings. The molecule has 3 aromatic heterocycles. The Labute approximate surface area is 127 Å². The van der Waals surface area contributed by atoms with Crippen molar-refractivity contribution in [3.05, 3.63) is 29.4 Å². The molecule has 0 aromatic carbocycles. The topological polar surface area (TPSA) is 68.5 Å². The first-order chi connectivity index (χ1) is 10.1. The molecule has 0 saturated heterocycles. The van der Waals surface area contributed by atoms with E-state index in [9.17, 15) is 0 Å². The van der Waals surface area contributed by atoms with E-state index in [0.29, 0.717) is 5.92 Å². The summed E-state index contributed by atoms with van der Waals surface area (Å²) in [6.07, 6.45) is 1.58. The van der Waals surface area contributed by atoms with Gasteiger partial charge in [-0.1, -0.05) is 13.8 Å². The van der Waals surface area contributed by atoms with E-state index in [-0.39, 0.29) is 6.04 Å². The molecule has 0 aliphatic heterocycles. The fourth-order valence-corrected chi connectivity index (χ4v) is 3.12. The van der Waals surface area contributed by atoms with Gasteiger partial charge in [0.15, 0.2) is 0 Å². The molecule has 0 fully saturated rings. The summed E-state index contributed by atoms with van der Waals surface area (Å²) in [5, 5.41) is 9.73. The second kappa shape index (κ2) is 5.40. The summed E-state index contributed by atoms with van der Waals surface area (Å²) in [5.74, 6) is 2.90. The molecule has 21 heavy (non-hydrogen) atoms. The van der Waals surface area contributed by atoms with E-state index in [1.807, 2.05) is 25.4 Å². The molecule has 3 heterocycles. The lowest BCUT2D eigenvalue weighted by atomic mass is 10.0. The molecular weight excluding hydrogens is 284 g/mol. The van der Waals surface area contributed by atoms with Gasteiger partial charge in [-0.15, -0.1) is 11.3 Å². The third-order valence-electron chi connectivity index (χ3n) is 3.40. The van der Waals surface area contributed by atoms with Crippen LogP contribution in [-0.4, -0.2) is 24.7 Å². The standard InChI is InChI=1S/C14H18N6S/c1-8(2)11(14-15-7-16-20(14)4)19-13-12-10(5-6-21-12)17-9(3)18-13/h5-8,11H,1-4H3,(H,17,18,19)/t11-/m0/s1. The first-order valence-corrected chi connectivity index (χ1v) is 7.76. The van der Waals surface area contributed by atoms with Crippen LogP contribution in [0.2, 0.25) is 0 Å². The maximum absolute atomic E-state index is 4.57. The number of hydrogen-bond acceptors (Lipinski definition) is 6. The normalized spacial score (nSPS) is 13.0. The Morgan fingerprint density at radius 3 is 2.76 bits per heavy atom. The summed E-state index contributed by atoms with van der Waals surface area (Å²) in [6, 6.07) is 2.07. The lowest BCUT2D eigenvalue weighted by molar-refractivity contribution is 0.497. The van der Waals surface area contributed by atoms with Crippen molar-refractivity contribution in [3.63, 3.8) is 0 Å². The smallest absolute Gasteiger partial charge is 0.149 e. The molecule has 110 valence electrons. The molecule has 0 saturated carbocycles. The SMILES string of the molecule is Cc1nc(N[C@H](c2ncnn2C)C(C)C)c2sccc2n1. The van der Waals surface area contributed by atoms with E-state index in [1.165, 1.54) is 0 Å². The third kappa shape index (κ3) is 2.61. The summed E-state index contributed by atoms with van der Waals surface area (Å²) in [4.78, 5) is 13.4. The predicted molar refractivity (Wildman–Crippen MR) is 84.4 cm³/mol. The van der Waals surface area contributed by atoms with Gasteiger partial charge >= 0.3 is 0 Å². The fourth-order valence-electron chi connectivity index (χ4n) is 2.34. The van der Waals surface area contributed by atoms with Crippen LogP contribution in [-0.2, 0) is 7.05 Å². The van der Waals surface area contributed by atoms with Crippen LogP contribution >= 0.6 is 11.3 Å². The van der Waals surface area contributed by atoms with Crippen LogP contribution < -0.4 is 5.32 Å². The van der Waals surface area contributed by atoms with Gasteiger partial charge in [-0.25, -0.2) is 15.0 Å². The molecule has 0 aliphatic rings. The average Bonchev–Trinajstić information content (AvgIpc) is 3.04. The van der Waals surface area contributed by atoms with Crippen molar-refractivity contribution >= 4 is 27.4 Å². The van der Waals surface area contributed by atoms with Gasteiger partial charge in [-0.3, -0.25) is 4.68 Å². The lowest BCUT2D eigenvalue weighted by Gasteiger charge is -2.22. The Morgan fingerprint density at radius 2 is 2.10 bits per heavy atom. The monoisotopic (exact) mass is 302 g/mol. The van der Waals surface area contributed by atoms with Crippen LogP contribution in [0.3, 0.4) is 0 Å². The molecule has 6 nitrogen and oxygen atoms in total. The Hall–Kier alpha value is -2.02. The maximum atomic E-state index is 4.57.